The molecule has 92 valence electrons. The summed E-state index contributed by atoms with van der Waals surface area (Å²) in [5, 5.41) is 2.84. The van der Waals surface area contributed by atoms with E-state index in [0.29, 0.717) is 17.8 Å². The molecule has 0 atom stereocenters. The van der Waals surface area contributed by atoms with E-state index in [-0.39, 0.29) is 5.91 Å². The number of nitrogen functional groups attached to an aromatic ring is 1. The maximum atomic E-state index is 11.8. The lowest BCUT2D eigenvalue weighted by atomic mass is 10.2. The maximum Gasteiger partial charge on any atom is 0.251 e. The third-order valence-electron chi connectivity index (χ3n) is 2.54. The van der Waals surface area contributed by atoms with Crippen molar-refractivity contribution in [1.29, 1.82) is 0 Å². The van der Waals surface area contributed by atoms with Gasteiger partial charge < -0.3 is 11.1 Å². The Balaban J connectivity index is 1.86. The van der Waals surface area contributed by atoms with Gasteiger partial charge in [-0.2, -0.15) is 0 Å². The number of benzene rings is 1. The van der Waals surface area contributed by atoms with Gasteiger partial charge in [0.1, 0.15) is 0 Å². The molecule has 0 saturated carbocycles. The smallest absolute Gasteiger partial charge is 0.251 e. The molecule has 0 aliphatic carbocycles. The van der Waals surface area contributed by atoms with Crippen molar-refractivity contribution in [2.45, 2.75) is 6.42 Å². The summed E-state index contributed by atoms with van der Waals surface area (Å²) in [6.45, 7) is 0.560. The Hall–Kier alpha value is -2.36. The van der Waals surface area contributed by atoms with Crippen LogP contribution in [0.4, 0.5) is 5.69 Å². The first-order valence-corrected chi connectivity index (χ1v) is 5.79. The van der Waals surface area contributed by atoms with Crippen molar-refractivity contribution in [3.8, 4) is 0 Å². The van der Waals surface area contributed by atoms with Gasteiger partial charge in [0, 0.05) is 36.1 Å². The molecule has 3 N–H and O–H groups in total. The highest BCUT2D eigenvalue weighted by atomic mass is 16.1. The van der Waals surface area contributed by atoms with Crippen LogP contribution in [0.25, 0.3) is 0 Å². The number of rotatable bonds is 4. The molecular weight excluding hydrogens is 226 g/mol. The summed E-state index contributed by atoms with van der Waals surface area (Å²) in [5.74, 6) is -0.113. The van der Waals surface area contributed by atoms with Crippen molar-refractivity contribution in [1.82, 2.24) is 10.3 Å². The van der Waals surface area contributed by atoms with Crippen LogP contribution >= 0.6 is 0 Å². The average molecular weight is 241 g/mol. The Morgan fingerprint density at radius 1 is 1.22 bits per heavy atom. The minimum Gasteiger partial charge on any atom is -0.399 e. The van der Waals surface area contributed by atoms with Crippen LogP contribution in [0, 0.1) is 0 Å². The number of hydrogen-bond donors (Lipinski definition) is 2. The molecule has 2 rings (SSSR count). The summed E-state index contributed by atoms with van der Waals surface area (Å²) >= 11 is 0. The van der Waals surface area contributed by atoms with Crippen molar-refractivity contribution in [2.75, 3.05) is 12.3 Å². The second-order valence-electron chi connectivity index (χ2n) is 3.95. The van der Waals surface area contributed by atoms with Gasteiger partial charge >= 0.3 is 0 Å². The lowest BCUT2D eigenvalue weighted by molar-refractivity contribution is 0.0954. The highest BCUT2D eigenvalue weighted by Crippen LogP contribution is 2.06. The second kappa shape index (κ2) is 5.82. The lowest BCUT2D eigenvalue weighted by Gasteiger charge is -2.05. The Morgan fingerprint density at radius 3 is 2.83 bits per heavy atom. The number of amides is 1. The summed E-state index contributed by atoms with van der Waals surface area (Å²) in [7, 11) is 0. The molecule has 0 spiro atoms. The van der Waals surface area contributed by atoms with Crippen molar-refractivity contribution >= 4 is 11.6 Å². The summed E-state index contributed by atoms with van der Waals surface area (Å²) < 4.78 is 0. The number of carbonyl (C=O) groups excluding carboxylic acids is 1. The quantitative estimate of drug-likeness (QED) is 0.799. The Morgan fingerprint density at radius 2 is 2.11 bits per heavy atom. The molecule has 0 saturated heterocycles. The number of pyridine rings is 1. The Labute approximate surface area is 106 Å². The molecule has 0 fully saturated rings. The molecular formula is C14H15N3O. The van der Waals surface area contributed by atoms with Crippen LogP contribution in [0.2, 0.25) is 0 Å². The molecule has 1 heterocycles. The third kappa shape index (κ3) is 3.31. The molecule has 4 nitrogen and oxygen atoms in total. The van der Waals surface area contributed by atoms with E-state index < -0.39 is 0 Å². The van der Waals surface area contributed by atoms with Crippen LogP contribution in [0.5, 0.6) is 0 Å². The van der Waals surface area contributed by atoms with Crippen LogP contribution in [0.1, 0.15) is 16.1 Å². The van der Waals surface area contributed by atoms with E-state index >= 15 is 0 Å². The van der Waals surface area contributed by atoms with E-state index in [1.54, 1.807) is 30.5 Å². The number of carbonyl (C=O) groups is 1. The zero-order chi connectivity index (χ0) is 12.8. The Bertz CT molecular complexity index is 526. The minimum atomic E-state index is -0.113. The van der Waals surface area contributed by atoms with Gasteiger partial charge in [0.2, 0.25) is 0 Å². The SMILES string of the molecule is Nc1cccc(C(=O)NCCc2ccccn2)c1. The van der Waals surface area contributed by atoms with Crippen molar-refractivity contribution < 1.29 is 4.79 Å². The van der Waals surface area contributed by atoms with Crippen LogP contribution in [-0.2, 0) is 6.42 Å². The van der Waals surface area contributed by atoms with Crippen LogP contribution in [0.3, 0.4) is 0 Å². The predicted molar refractivity (Wildman–Crippen MR) is 71.1 cm³/mol. The van der Waals surface area contributed by atoms with E-state index in [9.17, 15) is 4.79 Å². The van der Waals surface area contributed by atoms with Crippen molar-refractivity contribution in [3.05, 3.63) is 59.9 Å². The van der Waals surface area contributed by atoms with Crippen LogP contribution < -0.4 is 11.1 Å². The van der Waals surface area contributed by atoms with Gasteiger partial charge in [-0.05, 0) is 30.3 Å². The molecule has 1 aromatic heterocycles. The molecule has 4 heteroatoms. The van der Waals surface area contributed by atoms with Crippen LogP contribution in [0.15, 0.2) is 48.7 Å². The standard InChI is InChI=1S/C14H15N3O/c15-12-5-3-4-11(10-12)14(18)17-9-7-13-6-1-2-8-16-13/h1-6,8,10H,7,9,15H2,(H,17,18). The fourth-order valence-electron chi connectivity index (χ4n) is 1.63. The normalized spacial score (nSPS) is 10.0. The summed E-state index contributed by atoms with van der Waals surface area (Å²) in [5.41, 5.74) is 7.76. The molecule has 0 unspecified atom stereocenters. The van der Waals surface area contributed by atoms with Gasteiger partial charge in [-0.3, -0.25) is 9.78 Å². The maximum absolute atomic E-state index is 11.8. The lowest BCUT2D eigenvalue weighted by Crippen LogP contribution is -2.25. The molecule has 0 bridgehead atoms. The number of hydrogen-bond acceptors (Lipinski definition) is 3. The second-order valence-corrected chi connectivity index (χ2v) is 3.95. The van der Waals surface area contributed by atoms with Gasteiger partial charge in [0.15, 0.2) is 0 Å². The number of nitrogens with zero attached hydrogens (tertiary/aromatic N) is 1. The van der Waals surface area contributed by atoms with Gasteiger partial charge in [-0.25, -0.2) is 0 Å². The predicted octanol–water partition coefficient (Wildman–Crippen LogP) is 1.64. The Kier molecular flexibility index (Phi) is 3.91. The van der Waals surface area contributed by atoms with E-state index in [1.165, 1.54) is 0 Å². The monoisotopic (exact) mass is 241 g/mol. The van der Waals surface area contributed by atoms with E-state index in [0.717, 1.165) is 12.1 Å². The van der Waals surface area contributed by atoms with Gasteiger partial charge in [-0.15, -0.1) is 0 Å². The fourth-order valence-corrected chi connectivity index (χ4v) is 1.63. The van der Waals surface area contributed by atoms with Crippen molar-refractivity contribution in [2.24, 2.45) is 0 Å². The summed E-state index contributed by atoms with van der Waals surface area (Å²) in [4.78, 5) is 16.0. The third-order valence-corrected chi connectivity index (χ3v) is 2.54. The molecule has 1 aromatic carbocycles. The highest BCUT2D eigenvalue weighted by Gasteiger charge is 2.04. The van der Waals surface area contributed by atoms with E-state index in [2.05, 4.69) is 10.3 Å². The first-order chi connectivity index (χ1) is 8.75. The zero-order valence-electron chi connectivity index (χ0n) is 9.97. The molecule has 0 radical (unpaired) electrons. The molecule has 1 amide bonds. The van der Waals surface area contributed by atoms with Gasteiger partial charge in [-0.1, -0.05) is 12.1 Å². The topological polar surface area (TPSA) is 68.0 Å². The minimum absolute atomic E-state index is 0.113. The number of aromatic nitrogens is 1. The van der Waals surface area contributed by atoms with Crippen LogP contribution in [-0.4, -0.2) is 17.4 Å². The molecule has 2 aromatic rings. The fraction of sp³-hybridized carbons (Fsp3) is 0.143. The number of nitrogens with one attached hydrogen (secondary N) is 1. The van der Waals surface area contributed by atoms with Gasteiger partial charge in [0.05, 0.1) is 0 Å². The number of anilines is 1. The average Bonchev–Trinajstić information content (AvgIpc) is 2.40. The molecule has 18 heavy (non-hydrogen) atoms. The van der Waals surface area contributed by atoms with Crippen molar-refractivity contribution in [3.63, 3.8) is 0 Å². The van der Waals surface area contributed by atoms with Gasteiger partial charge in [0.25, 0.3) is 5.91 Å². The largest absolute Gasteiger partial charge is 0.399 e. The summed E-state index contributed by atoms with van der Waals surface area (Å²) in [6, 6.07) is 12.7. The molecule has 0 aliphatic rings. The zero-order valence-corrected chi connectivity index (χ0v) is 9.97. The van der Waals surface area contributed by atoms with E-state index in [4.69, 9.17) is 5.73 Å². The first kappa shape index (κ1) is 12.1. The molecule has 0 aliphatic heterocycles. The van der Waals surface area contributed by atoms with E-state index in [1.807, 2.05) is 18.2 Å². The summed E-state index contributed by atoms with van der Waals surface area (Å²) in [6.07, 6.45) is 2.46. The highest BCUT2D eigenvalue weighted by molar-refractivity contribution is 5.94. The first-order valence-electron chi connectivity index (χ1n) is 5.79. The number of nitrogens with two attached hydrogens (primary N) is 1.